The predicted molar refractivity (Wildman–Crippen MR) is 98.8 cm³/mol. The van der Waals surface area contributed by atoms with Crippen molar-refractivity contribution in [2.75, 3.05) is 5.32 Å². The fourth-order valence-corrected chi connectivity index (χ4v) is 2.03. The monoisotopic (exact) mass is 322 g/mol. The lowest BCUT2D eigenvalue weighted by Crippen LogP contribution is -2.10. The molecule has 0 atom stereocenters. The third kappa shape index (κ3) is 5.93. The molecule has 0 spiro atoms. The molecule has 0 aromatic heterocycles. The first-order chi connectivity index (χ1) is 11.5. The standard InChI is InChI=1S/C20H22N2O2/c1-15(3-4-16(2)23)21-13-17-5-7-18(8-6-17)14-22-19-9-11-20(24)12-10-19/h3-12,21-24H,1-2,13-14H2/b4-3-. The van der Waals surface area contributed by atoms with E-state index in [1.807, 2.05) is 12.1 Å². The highest BCUT2D eigenvalue weighted by molar-refractivity contribution is 5.46. The zero-order chi connectivity index (χ0) is 17.4. The van der Waals surface area contributed by atoms with Gasteiger partial charge in [-0.2, -0.15) is 0 Å². The van der Waals surface area contributed by atoms with Crippen molar-refractivity contribution < 1.29 is 10.2 Å². The summed E-state index contributed by atoms with van der Waals surface area (Å²) in [5, 5.41) is 24.7. The molecule has 124 valence electrons. The Morgan fingerprint density at radius 3 is 2.04 bits per heavy atom. The summed E-state index contributed by atoms with van der Waals surface area (Å²) in [5.74, 6) is 0.264. The summed E-state index contributed by atoms with van der Waals surface area (Å²) < 4.78 is 0. The van der Waals surface area contributed by atoms with Crippen molar-refractivity contribution in [1.29, 1.82) is 0 Å². The maximum Gasteiger partial charge on any atom is 0.115 e. The van der Waals surface area contributed by atoms with E-state index in [0.29, 0.717) is 18.8 Å². The number of rotatable bonds is 8. The number of allylic oxidation sites excluding steroid dienone is 2. The van der Waals surface area contributed by atoms with Crippen molar-refractivity contribution in [3.8, 4) is 5.75 Å². The molecule has 0 saturated carbocycles. The molecule has 0 fully saturated rings. The first-order valence-electron chi connectivity index (χ1n) is 7.62. The first-order valence-corrected chi connectivity index (χ1v) is 7.62. The highest BCUT2D eigenvalue weighted by atomic mass is 16.3. The molecule has 4 nitrogen and oxygen atoms in total. The molecule has 4 N–H and O–H groups in total. The van der Waals surface area contributed by atoms with Crippen LogP contribution in [0.5, 0.6) is 5.75 Å². The molecule has 4 heteroatoms. The summed E-state index contributed by atoms with van der Waals surface area (Å²) in [4.78, 5) is 0. The fraction of sp³-hybridized carbons (Fsp3) is 0.100. The minimum atomic E-state index is 0.00318. The highest BCUT2D eigenvalue weighted by Crippen LogP contribution is 2.15. The van der Waals surface area contributed by atoms with Crippen LogP contribution in [0.25, 0.3) is 0 Å². The van der Waals surface area contributed by atoms with Gasteiger partial charge in [0, 0.05) is 24.5 Å². The fourth-order valence-electron chi connectivity index (χ4n) is 2.03. The molecule has 24 heavy (non-hydrogen) atoms. The third-order valence-corrected chi connectivity index (χ3v) is 3.38. The molecule has 2 rings (SSSR count). The Bertz CT molecular complexity index is 716. The van der Waals surface area contributed by atoms with E-state index >= 15 is 0 Å². The Hall–Kier alpha value is -3.14. The van der Waals surface area contributed by atoms with Gasteiger partial charge in [-0.25, -0.2) is 0 Å². The van der Waals surface area contributed by atoms with E-state index in [-0.39, 0.29) is 11.5 Å². The van der Waals surface area contributed by atoms with Crippen molar-refractivity contribution in [1.82, 2.24) is 5.32 Å². The van der Waals surface area contributed by atoms with Crippen molar-refractivity contribution in [2.45, 2.75) is 13.1 Å². The van der Waals surface area contributed by atoms with E-state index in [2.05, 4.69) is 48.1 Å². The summed E-state index contributed by atoms with van der Waals surface area (Å²) in [6.45, 7) is 8.61. The average molecular weight is 322 g/mol. The SMILES string of the molecule is C=C(O)/C=C\C(=C)NCc1ccc(CNc2ccc(O)cc2)cc1. The van der Waals surface area contributed by atoms with Crippen molar-refractivity contribution in [2.24, 2.45) is 0 Å². The second-order valence-electron chi connectivity index (χ2n) is 5.42. The molecule has 0 amide bonds. The summed E-state index contributed by atoms with van der Waals surface area (Å²) in [6, 6.07) is 15.2. The molecule has 0 heterocycles. The zero-order valence-electron chi connectivity index (χ0n) is 13.5. The maximum absolute atomic E-state index is 9.26. The lowest BCUT2D eigenvalue weighted by atomic mass is 10.1. The molecule has 0 saturated heterocycles. The number of phenolic OH excluding ortho intramolecular Hbond substituents is 1. The van der Waals surface area contributed by atoms with Gasteiger partial charge in [0.1, 0.15) is 11.5 Å². The number of anilines is 1. The highest BCUT2D eigenvalue weighted by Gasteiger charge is 1.97. The van der Waals surface area contributed by atoms with Gasteiger partial charge in [0.05, 0.1) is 0 Å². The molecular weight excluding hydrogens is 300 g/mol. The number of aromatic hydroxyl groups is 1. The van der Waals surface area contributed by atoms with Gasteiger partial charge >= 0.3 is 0 Å². The number of nitrogens with one attached hydrogen (secondary N) is 2. The minimum absolute atomic E-state index is 0.00318. The van der Waals surface area contributed by atoms with E-state index in [0.717, 1.165) is 11.3 Å². The Morgan fingerprint density at radius 2 is 1.46 bits per heavy atom. The van der Waals surface area contributed by atoms with Crippen LogP contribution in [-0.4, -0.2) is 10.2 Å². The molecule has 0 bridgehead atoms. The van der Waals surface area contributed by atoms with Crippen LogP contribution >= 0.6 is 0 Å². The molecule has 0 aliphatic carbocycles. The Labute approximate surface area is 142 Å². The maximum atomic E-state index is 9.26. The Morgan fingerprint density at radius 1 is 0.875 bits per heavy atom. The molecule has 2 aromatic rings. The van der Waals surface area contributed by atoms with Gasteiger partial charge in [-0.05, 0) is 47.5 Å². The number of aliphatic hydroxyl groups is 1. The van der Waals surface area contributed by atoms with Gasteiger partial charge in [-0.3, -0.25) is 0 Å². The number of phenols is 1. The van der Waals surface area contributed by atoms with Crippen LogP contribution in [0.15, 0.2) is 85.3 Å². The summed E-state index contributed by atoms with van der Waals surface area (Å²) in [5.41, 5.74) is 3.98. The third-order valence-electron chi connectivity index (χ3n) is 3.38. The van der Waals surface area contributed by atoms with E-state index in [4.69, 9.17) is 5.11 Å². The number of hydrogen-bond donors (Lipinski definition) is 4. The second kappa shape index (κ2) is 8.48. The quantitative estimate of drug-likeness (QED) is 0.333. The number of aliphatic hydroxyl groups excluding tert-OH is 1. The Kier molecular flexibility index (Phi) is 6.08. The largest absolute Gasteiger partial charge is 0.509 e. The van der Waals surface area contributed by atoms with Crippen LogP contribution in [0.3, 0.4) is 0 Å². The van der Waals surface area contributed by atoms with Gasteiger partial charge in [-0.1, -0.05) is 37.4 Å². The van der Waals surface area contributed by atoms with Gasteiger partial charge in [0.2, 0.25) is 0 Å². The van der Waals surface area contributed by atoms with Crippen LogP contribution in [0, 0.1) is 0 Å². The van der Waals surface area contributed by atoms with Gasteiger partial charge < -0.3 is 20.8 Å². The molecule has 0 aliphatic heterocycles. The molecule has 2 aromatic carbocycles. The lowest BCUT2D eigenvalue weighted by molar-refractivity contribution is 0.435. The van der Waals surface area contributed by atoms with E-state index < -0.39 is 0 Å². The van der Waals surface area contributed by atoms with E-state index in [1.165, 1.54) is 11.6 Å². The van der Waals surface area contributed by atoms with Gasteiger partial charge in [0.15, 0.2) is 0 Å². The molecule has 0 radical (unpaired) electrons. The number of benzene rings is 2. The molecule has 0 unspecified atom stereocenters. The number of hydrogen-bond acceptors (Lipinski definition) is 4. The summed E-state index contributed by atoms with van der Waals surface area (Å²) >= 11 is 0. The molecule has 0 aliphatic rings. The smallest absolute Gasteiger partial charge is 0.115 e. The second-order valence-corrected chi connectivity index (χ2v) is 5.42. The minimum Gasteiger partial charge on any atom is -0.509 e. The first kappa shape index (κ1) is 17.2. The molecular formula is C20H22N2O2. The van der Waals surface area contributed by atoms with E-state index in [9.17, 15) is 5.11 Å². The summed E-state index contributed by atoms with van der Waals surface area (Å²) in [7, 11) is 0. The van der Waals surface area contributed by atoms with Gasteiger partial charge in [0.25, 0.3) is 0 Å². The predicted octanol–water partition coefficient (Wildman–Crippen LogP) is 4.24. The zero-order valence-corrected chi connectivity index (χ0v) is 13.5. The topological polar surface area (TPSA) is 64.5 Å². The lowest BCUT2D eigenvalue weighted by Gasteiger charge is -2.09. The average Bonchev–Trinajstić information content (AvgIpc) is 2.58. The van der Waals surface area contributed by atoms with Crippen LogP contribution in [0.4, 0.5) is 5.69 Å². The van der Waals surface area contributed by atoms with Crippen molar-refractivity contribution in [3.05, 3.63) is 96.4 Å². The van der Waals surface area contributed by atoms with Crippen molar-refractivity contribution in [3.63, 3.8) is 0 Å². The normalized spacial score (nSPS) is 10.5. The van der Waals surface area contributed by atoms with E-state index in [1.54, 1.807) is 18.2 Å². The summed E-state index contributed by atoms with van der Waals surface area (Å²) in [6.07, 6.45) is 3.17. The van der Waals surface area contributed by atoms with Crippen LogP contribution in [0.1, 0.15) is 11.1 Å². The van der Waals surface area contributed by atoms with Crippen molar-refractivity contribution >= 4 is 5.69 Å². The van der Waals surface area contributed by atoms with Crippen LogP contribution in [-0.2, 0) is 13.1 Å². The van der Waals surface area contributed by atoms with Crippen LogP contribution < -0.4 is 10.6 Å². The van der Waals surface area contributed by atoms with Crippen LogP contribution in [0.2, 0.25) is 0 Å². The van der Waals surface area contributed by atoms with Gasteiger partial charge in [-0.15, -0.1) is 0 Å². The Balaban J connectivity index is 1.81.